The molecule has 2 aromatic carbocycles. The van der Waals surface area contributed by atoms with Crippen LogP contribution in [0.5, 0.6) is 5.75 Å². The van der Waals surface area contributed by atoms with Crippen molar-refractivity contribution in [2.24, 2.45) is 0 Å². The number of halogens is 2. The van der Waals surface area contributed by atoms with Crippen molar-refractivity contribution in [1.82, 2.24) is 19.9 Å². The minimum atomic E-state index is -0.698. The molecule has 3 heterocycles. The van der Waals surface area contributed by atoms with Gasteiger partial charge in [-0.3, -0.25) is 14.6 Å². The van der Waals surface area contributed by atoms with E-state index in [1.807, 2.05) is 18.2 Å². The van der Waals surface area contributed by atoms with Crippen LogP contribution in [0.3, 0.4) is 0 Å². The molecule has 11 heteroatoms. The molecule has 1 fully saturated rings. The summed E-state index contributed by atoms with van der Waals surface area (Å²) in [6, 6.07) is 12.7. The summed E-state index contributed by atoms with van der Waals surface area (Å²) in [5.41, 5.74) is 1.68. The van der Waals surface area contributed by atoms with Crippen LogP contribution in [0.4, 0.5) is 21.6 Å². The number of hydrogen-bond donors (Lipinski definition) is 2. The van der Waals surface area contributed by atoms with Crippen molar-refractivity contribution >= 4 is 51.5 Å². The van der Waals surface area contributed by atoms with Gasteiger partial charge in [0.05, 0.1) is 21.9 Å². The van der Waals surface area contributed by atoms with Crippen LogP contribution in [0.2, 0.25) is 5.02 Å². The Hall–Kier alpha value is -4.57. The molecule has 5 rings (SSSR count). The number of hydrogen-bond acceptors (Lipinski definition) is 7. The van der Waals surface area contributed by atoms with Gasteiger partial charge in [0.25, 0.3) is 0 Å². The second kappa shape index (κ2) is 11.4. The minimum absolute atomic E-state index is 0.0421. The molecule has 2 amide bonds. The van der Waals surface area contributed by atoms with Crippen molar-refractivity contribution in [3.05, 3.63) is 90.2 Å². The molecule has 0 saturated carbocycles. The quantitative estimate of drug-likeness (QED) is 0.290. The molecule has 0 radical (unpaired) electrons. The summed E-state index contributed by atoms with van der Waals surface area (Å²) in [7, 11) is 0. The van der Waals surface area contributed by atoms with Gasteiger partial charge in [-0.2, -0.15) is 0 Å². The molecule has 0 aliphatic carbocycles. The van der Waals surface area contributed by atoms with Crippen LogP contribution >= 0.6 is 11.6 Å². The van der Waals surface area contributed by atoms with Crippen LogP contribution in [0, 0.1) is 5.82 Å². The van der Waals surface area contributed by atoms with E-state index in [9.17, 15) is 14.0 Å². The Morgan fingerprint density at radius 3 is 2.82 bits per heavy atom. The molecule has 0 bridgehead atoms. The summed E-state index contributed by atoms with van der Waals surface area (Å²) in [5.74, 6) is -0.585. The molecule has 0 unspecified atom stereocenters. The third-order valence-corrected chi connectivity index (χ3v) is 6.59. The van der Waals surface area contributed by atoms with E-state index in [0.717, 1.165) is 5.69 Å². The molecule has 1 saturated heterocycles. The lowest BCUT2D eigenvalue weighted by Gasteiger charge is -2.22. The van der Waals surface area contributed by atoms with E-state index < -0.39 is 17.8 Å². The second-order valence-corrected chi connectivity index (χ2v) is 9.24. The highest BCUT2D eigenvalue weighted by atomic mass is 35.5. The monoisotopic (exact) mass is 546 g/mol. The third-order valence-electron chi connectivity index (χ3n) is 6.29. The Kier molecular flexibility index (Phi) is 7.64. The third kappa shape index (κ3) is 5.80. The lowest BCUT2D eigenvalue weighted by molar-refractivity contribution is -0.132. The molecule has 9 nitrogen and oxygen atoms in total. The molecule has 0 spiro atoms. The van der Waals surface area contributed by atoms with Gasteiger partial charge in [0, 0.05) is 29.9 Å². The van der Waals surface area contributed by atoms with Crippen LogP contribution in [-0.4, -0.2) is 44.3 Å². The van der Waals surface area contributed by atoms with Crippen molar-refractivity contribution in [2.45, 2.75) is 25.5 Å². The highest BCUT2D eigenvalue weighted by Crippen LogP contribution is 2.32. The number of likely N-dealkylation sites (tertiary alicyclic amines) is 1. The van der Waals surface area contributed by atoms with Gasteiger partial charge in [-0.15, -0.1) is 0 Å². The number of benzene rings is 2. The predicted octanol–water partition coefficient (Wildman–Crippen LogP) is 5.26. The van der Waals surface area contributed by atoms with E-state index in [4.69, 9.17) is 16.3 Å². The summed E-state index contributed by atoms with van der Waals surface area (Å²) < 4.78 is 20.7. The van der Waals surface area contributed by atoms with Gasteiger partial charge >= 0.3 is 0 Å². The average molecular weight is 547 g/mol. The minimum Gasteiger partial charge on any atom is -0.486 e. The number of carbonyl (C=O) groups is 2. The van der Waals surface area contributed by atoms with Gasteiger partial charge < -0.3 is 20.3 Å². The number of ether oxygens (including phenoxy) is 1. The van der Waals surface area contributed by atoms with Gasteiger partial charge in [0.2, 0.25) is 11.8 Å². The van der Waals surface area contributed by atoms with Crippen LogP contribution in [0.25, 0.3) is 10.9 Å². The Morgan fingerprint density at radius 2 is 2.05 bits per heavy atom. The number of nitrogens with one attached hydrogen (secondary N) is 2. The number of nitrogens with zero attached hydrogens (tertiary/aromatic N) is 4. The number of rotatable bonds is 8. The summed E-state index contributed by atoms with van der Waals surface area (Å²) in [6.07, 6.45) is 5.33. The number of pyridine rings is 1. The molecule has 4 aromatic rings. The van der Waals surface area contributed by atoms with Crippen molar-refractivity contribution in [2.75, 3.05) is 17.2 Å². The highest BCUT2D eigenvalue weighted by Gasteiger charge is 2.33. The van der Waals surface area contributed by atoms with Gasteiger partial charge in [0.15, 0.2) is 0 Å². The Labute approximate surface area is 228 Å². The number of carbonyl (C=O) groups excluding carboxylic acids is 2. The van der Waals surface area contributed by atoms with E-state index in [0.29, 0.717) is 52.6 Å². The fourth-order valence-corrected chi connectivity index (χ4v) is 4.61. The molecule has 39 heavy (non-hydrogen) atoms. The maximum Gasteiger partial charge on any atom is 0.247 e. The number of anilines is 3. The Balaban J connectivity index is 1.35. The second-order valence-electron chi connectivity index (χ2n) is 8.83. The first-order valence-corrected chi connectivity index (χ1v) is 12.6. The molecular weight excluding hydrogens is 523 g/mol. The number of amides is 2. The summed E-state index contributed by atoms with van der Waals surface area (Å²) in [6.45, 7) is 4.20. The zero-order chi connectivity index (χ0) is 27.4. The van der Waals surface area contributed by atoms with Crippen molar-refractivity contribution in [1.29, 1.82) is 0 Å². The fourth-order valence-electron chi connectivity index (χ4n) is 4.38. The average Bonchev–Trinajstić information content (AvgIpc) is 3.44. The Bertz CT molecular complexity index is 1550. The Morgan fingerprint density at radius 1 is 1.18 bits per heavy atom. The first kappa shape index (κ1) is 26.1. The standard InChI is InChI=1S/C28H24ClFN6O3/c1-2-26(37)36-11-5-7-24(36)28(38)35-23-13-19-22(14-21(23)30)32-16-33-27(19)34-17-8-9-25(20(29)12-17)39-15-18-6-3-4-10-31-18/h2-4,6,8-10,12-14,16,24H,1,5,7,11,15H2,(H,35,38)(H,32,33,34)/t24-/m0/s1. The summed E-state index contributed by atoms with van der Waals surface area (Å²) >= 11 is 6.44. The fraction of sp³-hybridized carbons (Fsp3) is 0.179. The predicted molar refractivity (Wildman–Crippen MR) is 146 cm³/mol. The van der Waals surface area contributed by atoms with E-state index in [-0.39, 0.29) is 18.2 Å². The first-order valence-electron chi connectivity index (χ1n) is 12.2. The molecule has 2 N–H and O–H groups in total. The normalized spacial score (nSPS) is 14.7. The van der Waals surface area contributed by atoms with Crippen LogP contribution in [0.15, 0.2) is 73.7 Å². The van der Waals surface area contributed by atoms with E-state index >= 15 is 0 Å². The smallest absolute Gasteiger partial charge is 0.247 e. The van der Waals surface area contributed by atoms with Crippen molar-refractivity contribution in [3.63, 3.8) is 0 Å². The van der Waals surface area contributed by atoms with Crippen LogP contribution < -0.4 is 15.4 Å². The summed E-state index contributed by atoms with van der Waals surface area (Å²) in [5, 5.41) is 6.65. The SMILES string of the molecule is C=CC(=O)N1CCC[C@H]1C(=O)Nc1cc2c(Nc3ccc(OCc4ccccn4)c(Cl)c3)ncnc2cc1F. The summed E-state index contributed by atoms with van der Waals surface area (Å²) in [4.78, 5) is 39.2. The lowest BCUT2D eigenvalue weighted by Crippen LogP contribution is -2.42. The van der Waals surface area contributed by atoms with Gasteiger partial charge in [0.1, 0.15) is 36.4 Å². The van der Waals surface area contributed by atoms with E-state index in [1.54, 1.807) is 24.4 Å². The van der Waals surface area contributed by atoms with Crippen LogP contribution in [-0.2, 0) is 16.2 Å². The van der Waals surface area contributed by atoms with Gasteiger partial charge in [-0.25, -0.2) is 14.4 Å². The molecule has 198 valence electrons. The molecule has 1 atom stereocenters. The van der Waals surface area contributed by atoms with Gasteiger partial charge in [-0.1, -0.05) is 24.2 Å². The van der Waals surface area contributed by atoms with Crippen molar-refractivity contribution in [3.8, 4) is 5.75 Å². The molecule has 1 aliphatic heterocycles. The zero-order valence-electron chi connectivity index (χ0n) is 20.7. The number of fused-ring (bicyclic) bond motifs is 1. The molecule has 2 aromatic heterocycles. The number of aromatic nitrogens is 3. The maximum absolute atomic E-state index is 14.9. The molecule has 1 aliphatic rings. The largest absolute Gasteiger partial charge is 0.486 e. The maximum atomic E-state index is 14.9. The van der Waals surface area contributed by atoms with E-state index in [2.05, 4.69) is 32.2 Å². The first-order chi connectivity index (χ1) is 18.9. The topological polar surface area (TPSA) is 109 Å². The van der Waals surface area contributed by atoms with Crippen molar-refractivity contribution < 1.29 is 18.7 Å². The molecular formula is C28H24ClFN6O3. The lowest BCUT2D eigenvalue weighted by atomic mass is 10.1. The van der Waals surface area contributed by atoms with Crippen LogP contribution in [0.1, 0.15) is 18.5 Å². The zero-order valence-corrected chi connectivity index (χ0v) is 21.5. The van der Waals surface area contributed by atoms with Gasteiger partial charge in [-0.05, 0) is 55.3 Å². The van der Waals surface area contributed by atoms with E-state index in [1.165, 1.54) is 29.4 Å². The highest BCUT2D eigenvalue weighted by molar-refractivity contribution is 6.32.